The van der Waals surface area contributed by atoms with Crippen molar-refractivity contribution in [1.82, 2.24) is 20.1 Å². The van der Waals surface area contributed by atoms with E-state index in [9.17, 15) is 9.59 Å². The van der Waals surface area contributed by atoms with Crippen LogP contribution in [-0.2, 0) is 11.3 Å². The van der Waals surface area contributed by atoms with Gasteiger partial charge in [0.15, 0.2) is 0 Å². The minimum Gasteiger partial charge on any atom is -0.324 e. The molecule has 1 aliphatic rings. The Kier molecular flexibility index (Phi) is 5.36. The van der Waals surface area contributed by atoms with Gasteiger partial charge in [0.05, 0.1) is 5.69 Å². The minimum absolute atomic E-state index is 0.150. The number of pyridine rings is 1. The molecular formula is C17H26N4O2. The van der Waals surface area contributed by atoms with Crippen molar-refractivity contribution in [3.63, 3.8) is 0 Å². The topological polar surface area (TPSA) is 65.5 Å². The van der Waals surface area contributed by atoms with E-state index in [0.717, 1.165) is 25.2 Å². The lowest BCUT2D eigenvalue weighted by atomic mass is 10.1. The van der Waals surface area contributed by atoms with E-state index < -0.39 is 5.54 Å². The van der Waals surface area contributed by atoms with Crippen molar-refractivity contribution in [2.45, 2.75) is 52.2 Å². The molecule has 2 rings (SSSR count). The SMILES string of the molecule is CC(C)N(CCCN1C(=O)NC(C)(C)C1=O)Cc1ccccn1. The molecule has 1 aliphatic heterocycles. The van der Waals surface area contributed by atoms with E-state index in [1.165, 1.54) is 4.90 Å². The van der Waals surface area contributed by atoms with Crippen LogP contribution in [0.15, 0.2) is 24.4 Å². The fraction of sp³-hybridized carbons (Fsp3) is 0.588. The lowest BCUT2D eigenvalue weighted by Crippen LogP contribution is -2.40. The maximum atomic E-state index is 12.2. The van der Waals surface area contributed by atoms with Crippen molar-refractivity contribution in [2.75, 3.05) is 13.1 Å². The van der Waals surface area contributed by atoms with Crippen LogP contribution >= 0.6 is 0 Å². The summed E-state index contributed by atoms with van der Waals surface area (Å²) in [6, 6.07) is 5.98. The van der Waals surface area contributed by atoms with E-state index >= 15 is 0 Å². The van der Waals surface area contributed by atoms with Crippen molar-refractivity contribution in [3.05, 3.63) is 30.1 Å². The summed E-state index contributed by atoms with van der Waals surface area (Å²) in [7, 11) is 0. The fourth-order valence-electron chi connectivity index (χ4n) is 2.67. The molecule has 23 heavy (non-hydrogen) atoms. The van der Waals surface area contributed by atoms with E-state index in [4.69, 9.17) is 0 Å². The van der Waals surface area contributed by atoms with Crippen molar-refractivity contribution in [1.29, 1.82) is 0 Å². The van der Waals surface area contributed by atoms with Crippen molar-refractivity contribution >= 4 is 11.9 Å². The summed E-state index contributed by atoms with van der Waals surface area (Å²) < 4.78 is 0. The normalized spacial score (nSPS) is 17.2. The number of rotatable bonds is 7. The molecule has 1 aromatic heterocycles. The van der Waals surface area contributed by atoms with E-state index in [1.54, 1.807) is 20.0 Å². The van der Waals surface area contributed by atoms with E-state index in [0.29, 0.717) is 12.6 Å². The van der Waals surface area contributed by atoms with Crippen LogP contribution in [0.3, 0.4) is 0 Å². The highest BCUT2D eigenvalue weighted by molar-refractivity contribution is 6.06. The average molecular weight is 318 g/mol. The molecule has 0 bridgehead atoms. The molecule has 1 saturated heterocycles. The Bertz CT molecular complexity index is 557. The highest BCUT2D eigenvalue weighted by Crippen LogP contribution is 2.17. The fourth-order valence-corrected chi connectivity index (χ4v) is 2.67. The largest absolute Gasteiger partial charge is 0.325 e. The van der Waals surface area contributed by atoms with Crippen molar-refractivity contribution in [2.24, 2.45) is 0 Å². The molecule has 0 aliphatic carbocycles. The quantitative estimate of drug-likeness (QED) is 0.781. The van der Waals surface area contributed by atoms with Crippen molar-refractivity contribution in [3.8, 4) is 0 Å². The summed E-state index contributed by atoms with van der Waals surface area (Å²) in [6.45, 7) is 9.76. The molecule has 1 fully saturated rings. The molecule has 0 radical (unpaired) electrons. The maximum absolute atomic E-state index is 12.2. The smallest absolute Gasteiger partial charge is 0.324 e. The molecule has 6 nitrogen and oxygen atoms in total. The van der Waals surface area contributed by atoms with Gasteiger partial charge in [-0.25, -0.2) is 4.79 Å². The number of hydrogen-bond donors (Lipinski definition) is 1. The molecule has 0 unspecified atom stereocenters. The first-order valence-electron chi connectivity index (χ1n) is 8.09. The third-order valence-electron chi connectivity index (χ3n) is 4.09. The van der Waals surface area contributed by atoms with Crippen LogP contribution in [-0.4, -0.2) is 51.4 Å². The molecule has 0 atom stereocenters. The van der Waals surface area contributed by atoms with Gasteiger partial charge in [-0.15, -0.1) is 0 Å². The van der Waals surface area contributed by atoms with Gasteiger partial charge in [-0.1, -0.05) is 6.07 Å². The second-order valence-electron chi connectivity index (χ2n) is 6.75. The third kappa shape index (κ3) is 4.28. The number of aromatic nitrogens is 1. The van der Waals surface area contributed by atoms with Crippen LogP contribution < -0.4 is 5.32 Å². The van der Waals surface area contributed by atoms with Gasteiger partial charge in [0.25, 0.3) is 5.91 Å². The number of amides is 3. The van der Waals surface area contributed by atoms with E-state index in [2.05, 4.69) is 29.0 Å². The van der Waals surface area contributed by atoms with E-state index in [-0.39, 0.29) is 11.9 Å². The van der Waals surface area contributed by atoms with Crippen LogP contribution in [0, 0.1) is 0 Å². The molecule has 3 amide bonds. The standard InChI is InChI=1S/C17H26N4O2/c1-13(2)20(12-14-8-5-6-9-18-14)10-7-11-21-15(22)17(3,4)19-16(21)23/h5-6,8-9,13H,7,10-12H2,1-4H3,(H,19,23). The maximum Gasteiger partial charge on any atom is 0.325 e. The predicted molar refractivity (Wildman–Crippen MR) is 88.7 cm³/mol. The van der Waals surface area contributed by atoms with Crippen LogP contribution in [0.1, 0.15) is 39.8 Å². The predicted octanol–water partition coefficient (Wildman–Crippen LogP) is 2.01. The van der Waals surface area contributed by atoms with Crippen LogP contribution in [0.25, 0.3) is 0 Å². The molecular weight excluding hydrogens is 292 g/mol. The Balaban J connectivity index is 1.88. The molecule has 126 valence electrons. The number of nitrogens with zero attached hydrogens (tertiary/aromatic N) is 3. The molecule has 0 aromatic carbocycles. The summed E-state index contributed by atoms with van der Waals surface area (Å²) >= 11 is 0. The first kappa shape index (κ1) is 17.4. The number of carbonyl (C=O) groups excluding carboxylic acids is 2. The number of nitrogens with one attached hydrogen (secondary N) is 1. The number of carbonyl (C=O) groups is 2. The highest BCUT2D eigenvalue weighted by atomic mass is 16.2. The van der Waals surface area contributed by atoms with Gasteiger partial charge in [-0.05, 0) is 46.2 Å². The first-order chi connectivity index (χ1) is 10.8. The number of hydrogen-bond acceptors (Lipinski definition) is 4. The Labute approximate surface area is 137 Å². The van der Waals surface area contributed by atoms with Gasteiger partial charge in [0.2, 0.25) is 0 Å². The summed E-state index contributed by atoms with van der Waals surface area (Å²) in [5.41, 5.74) is 0.236. The zero-order valence-electron chi connectivity index (χ0n) is 14.4. The number of urea groups is 1. The Morgan fingerprint density at radius 3 is 2.57 bits per heavy atom. The van der Waals surface area contributed by atoms with Crippen molar-refractivity contribution < 1.29 is 9.59 Å². The van der Waals surface area contributed by atoms with Gasteiger partial charge in [-0.2, -0.15) is 0 Å². The molecule has 1 aromatic rings. The summed E-state index contributed by atoms with van der Waals surface area (Å²) in [5.74, 6) is -0.150. The second kappa shape index (κ2) is 7.08. The summed E-state index contributed by atoms with van der Waals surface area (Å²) in [6.07, 6.45) is 2.55. The van der Waals surface area contributed by atoms with Gasteiger partial charge < -0.3 is 5.32 Å². The molecule has 2 heterocycles. The zero-order chi connectivity index (χ0) is 17.0. The van der Waals surface area contributed by atoms with Gasteiger partial charge >= 0.3 is 6.03 Å². The second-order valence-corrected chi connectivity index (χ2v) is 6.75. The Hall–Kier alpha value is -1.95. The third-order valence-corrected chi connectivity index (χ3v) is 4.09. The molecule has 1 N–H and O–H groups in total. The Morgan fingerprint density at radius 2 is 2.04 bits per heavy atom. The van der Waals surface area contributed by atoms with Crippen LogP contribution in [0.2, 0.25) is 0 Å². The minimum atomic E-state index is -0.789. The molecule has 0 saturated carbocycles. The lowest BCUT2D eigenvalue weighted by molar-refractivity contribution is -0.130. The van der Waals surface area contributed by atoms with Gasteiger partial charge in [0.1, 0.15) is 5.54 Å². The molecule has 0 spiro atoms. The molecule has 6 heteroatoms. The average Bonchev–Trinajstić information content (AvgIpc) is 2.68. The highest BCUT2D eigenvalue weighted by Gasteiger charge is 2.43. The lowest BCUT2D eigenvalue weighted by Gasteiger charge is -2.26. The summed E-state index contributed by atoms with van der Waals surface area (Å²) in [5, 5.41) is 2.71. The first-order valence-corrected chi connectivity index (χ1v) is 8.09. The van der Waals surface area contributed by atoms with E-state index in [1.807, 2.05) is 18.2 Å². The van der Waals surface area contributed by atoms with Gasteiger partial charge in [-0.3, -0.25) is 19.6 Å². The van der Waals surface area contributed by atoms with Crippen LogP contribution in [0.5, 0.6) is 0 Å². The van der Waals surface area contributed by atoms with Gasteiger partial charge in [0, 0.05) is 31.9 Å². The Morgan fingerprint density at radius 1 is 1.30 bits per heavy atom. The summed E-state index contributed by atoms with van der Waals surface area (Å²) in [4.78, 5) is 32.0. The zero-order valence-corrected chi connectivity index (χ0v) is 14.4. The van der Waals surface area contributed by atoms with Crippen LogP contribution in [0.4, 0.5) is 4.79 Å². The monoisotopic (exact) mass is 318 g/mol. The number of imide groups is 1.